The number of Topliss-reactive ketones (excluding diaryl/α,β-unsaturated/α-hetero) is 1. The highest BCUT2D eigenvalue weighted by Gasteiger charge is 2.24. The molecular formula is C12H11ClO4. The highest BCUT2D eigenvalue weighted by Crippen LogP contribution is 2.32. The van der Waals surface area contributed by atoms with Crippen LogP contribution in [0.3, 0.4) is 0 Å². The van der Waals surface area contributed by atoms with E-state index in [-0.39, 0.29) is 12.5 Å². The van der Waals surface area contributed by atoms with Crippen molar-refractivity contribution in [2.45, 2.75) is 25.4 Å². The van der Waals surface area contributed by atoms with Crippen molar-refractivity contribution in [2.24, 2.45) is 0 Å². The molecule has 1 aliphatic rings. The smallest absolute Gasteiger partial charge is 0.372 e. The average Bonchev–Trinajstić information content (AvgIpc) is 2.67. The summed E-state index contributed by atoms with van der Waals surface area (Å²) in [5.74, 6) is -1.40. The molecule has 1 unspecified atom stereocenters. The Morgan fingerprint density at radius 3 is 2.94 bits per heavy atom. The minimum atomic E-state index is -1.39. The van der Waals surface area contributed by atoms with Crippen molar-refractivity contribution in [3.63, 3.8) is 0 Å². The number of aliphatic carboxylic acids is 1. The molecule has 0 aromatic heterocycles. The van der Waals surface area contributed by atoms with Crippen molar-refractivity contribution in [1.82, 2.24) is 0 Å². The molecule has 1 aliphatic heterocycles. The first-order valence-corrected chi connectivity index (χ1v) is 5.65. The molecule has 0 fully saturated rings. The summed E-state index contributed by atoms with van der Waals surface area (Å²) in [6.45, 7) is 0. The summed E-state index contributed by atoms with van der Waals surface area (Å²) in [5, 5.41) is 9.11. The van der Waals surface area contributed by atoms with Gasteiger partial charge in [0.25, 0.3) is 0 Å². The first kappa shape index (κ1) is 11.9. The van der Waals surface area contributed by atoms with Gasteiger partial charge in [-0.1, -0.05) is 11.6 Å². The molecule has 1 heterocycles. The van der Waals surface area contributed by atoms with Crippen molar-refractivity contribution in [1.29, 1.82) is 0 Å². The van der Waals surface area contributed by atoms with Gasteiger partial charge in [-0.05, 0) is 30.2 Å². The Morgan fingerprint density at radius 2 is 2.24 bits per heavy atom. The van der Waals surface area contributed by atoms with Crippen LogP contribution in [0.2, 0.25) is 5.02 Å². The maximum absolute atomic E-state index is 11.0. The van der Waals surface area contributed by atoms with Crippen LogP contribution in [0.4, 0.5) is 0 Å². The van der Waals surface area contributed by atoms with Gasteiger partial charge in [0.2, 0.25) is 5.78 Å². The fourth-order valence-electron chi connectivity index (χ4n) is 1.85. The SMILES string of the molecule is O=C(O)C(=O)CCC1Cc2cc(Cl)ccc2O1. The second kappa shape index (κ2) is 4.75. The van der Waals surface area contributed by atoms with E-state index in [2.05, 4.69) is 0 Å². The quantitative estimate of drug-likeness (QED) is 0.836. The van der Waals surface area contributed by atoms with Crippen molar-refractivity contribution >= 4 is 23.4 Å². The third kappa shape index (κ3) is 2.77. The molecular weight excluding hydrogens is 244 g/mol. The Balaban J connectivity index is 1.92. The normalized spacial score (nSPS) is 17.4. The first-order chi connectivity index (χ1) is 8.06. The van der Waals surface area contributed by atoms with E-state index in [1.54, 1.807) is 12.1 Å². The molecule has 1 N–H and O–H groups in total. The summed E-state index contributed by atoms with van der Waals surface area (Å²) in [4.78, 5) is 21.3. The summed E-state index contributed by atoms with van der Waals surface area (Å²) in [6.07, 6.45) is 0.953. The first-order valence-electron chi connectivity index (χ1n) is 5.27. The van der Waals surface area contributed by atoms with E-state index >= 15 is 0 Å². The maximum atomic E-state index is 11.0. The Hall–Kier alpha value is -1.55. The van der Waals surface area contributed by atoms with Gasteiger partial charge in [-0.15, -0.1) is 0 Å². The maximum Gasteiger partial charge on any atom is 0.372 e. The van der Waals surface area contributed by atoms with E-state index in [0.29, 0.717) is 17.9 Å². The van der Waals surface area contributed by atoms with E-state index in [1.807, 2.05) is 6.07 Å². The lowest BCUT2D eigenvalue weighted by Crippen LogP contribution is -2.18. The number of hydrogen-bond donors (Lipinski definition) is 1. The summed E-state index contributed by atoms with van der Waals surface area (Å²) in [7, 11) is 0. The second-order valence-electron chi connectivity index (χ2n) is 3.96. The van der Waals surface area contributed by atoms with Gasteiger partial charge in [0, 0.05) is 17.9 Å². The molecule has 1 aromatic rings. The Bertz CT molecular complexity index is 470. The summed E-state index contributed by atoms with van der Waals surface area (Å²) in [6, 6.07) is 5.36. The minimum Gasteiger partial charge on any atom is -0.490 e. The molecule has 0 spiro atoms. The van der Waals surface area contributed by atoms with Crippen molar-refractivity contribution in [3.8, 4) is 5.75 Å². The van der Waals surface area contributed by atoms with Crippen LogP contribution in [0.15, 0.2) is 18.2 Å². The minimum absolute atomic E-state index is 0.00171. The molecule has 0 radical (unpaired) electrons. The lowest BCUT2D eigenvalue weighted by atomic mass is 10.1. The number of ketones is 1. The molecule has 0 bridgehead atoms. The van der Waals surface area contributed by atoms with Gasteiger partial charge in [-0.2, -0.15) is 0 Å². The molecule has 0 saturated carbocycles. The van der Waals surface area contributed by atoms with Gasteiger partial charge in [-0.25, -0.2) is 4.79 Å². The molecule has 17 heavy (non-hydrogen) atoms. The summed E-state index contributed by atoms with van der Waals surface area (Å²) < 4.78 is 5.59. The number of hydrogen-bond acceptors (Lipinski definition) is 3. The van der Waals surface area contributed by atoms with Crippen LogP contribution in [0.25, 0.3) is 0 Å². The number of carboxylic acid groups (broad SMARTS) is 1. The molecule has 0 saturated heterocycles. The van der Waals surface area contributed by atoms with E-state index in [0.717, 1.165) is 11.3 Å². The zero-order chi connectivity index (χ0) is 12.4. The van der Waals surface area contributed by atoms with Gasteiger partial charge < -0.3 is 9.84 Å². The van der Waals surface area contributed by atoms with Gasteiger partial charge in [0.15, 0.2) is 0 Å². The van der Waals surface area contributed by atoms with Crippen LogP contribution in [0.1, 0.15) is 18.4 Å². The Kier molecular flexibility index (Phi) is 3.33. The number of carbonyl (C=O) groups is 2. The molecule has 1 atom stereocenters. The fraction of sp³-hybridized carbons (Fsp3) is 0.333. The van der Waals surface area contributed by atoms with Crippen LogP contribution in [-0.4, -0.2) is 23.0 Å². The van der Waals surface area contributed by atoms with E-state index in [4.69, 9.17) is 21.4 Å². The lowest BCUT2D eigenvalue weighted by Gasteiger charge is -2.08. The Morgan fingerprint density at radius 1 is 1.47 bits per heavy atom. The van der Waals surface area contributed by atoms with Gasteiger partial charge in [-0.3, -0.25) is 4.79 Å². The molecule has 0 amide bonds. The third-order valence-corrected chi connectivity index (χ3v) is 2.93. The zero-order valence-electron chi connectivity index (χ0n) is 8.98. The Labute approximate surface area is 103 Å². The predicted molar refractivity (Wildman–Crippen MR) is 61.4 cm³/mol. The highest BCUT2D eigenvalue weighted by molar-refractivity contribution is 6.32. The van der Waals surface area contributed by atoms with Crippen LogP contribution in [0.5, 0.6) is 5.75 Å². The van der Waals surface area contributed by atoms with Crippen LogP contribution >= 0.6 is 11.6 Å². The third-order valence-electron chi connectivity index (χ3n) is 2.70. The van der Waals surface area contributed by atoms with Crippen molar-refractivity contribution < 1.29 is 19.4 Å². The number of fused-ring (bicyclic) bond motifs is 1. The number of ether oxygens (including phenoxy) is 1. The van der Waals surface area contributed by atoms with Gasteiger partial charge >= 0.3 is 5.97 Å². The topological polar surface area (TPSA) is 63.6 Å². The number of benzene rings is 1. The number of carbonyl (C=O) groups excluding carboxylic acids is 1. The fourth-order valence-corrected chi connectivity index (χ4v) is 2.04. The largest absolute Gasteiger partial charge is 0.490 e. The van der Waals surface area contributed by atoms with E-state index in [1.165, 1.54) is 0 Å². The van der Waals surface area contributed by atoms with E-state index < -0.39 is 11.8 Å². The predicted octanol–water partition coefficient (Wildman–Crippen LogP) is 2.08. The van der Waals surface area contributed by atoms with Crippen LogP contribution < -0.4 is 4.74 Å². The number of carboxylic acids is 1. The number of halogens is 1. The second-order valence-corrected chi connectivity index (χ2v) is 4.40. The zero-order valence-corrected chi connectivity index (χ0v) is 9.74. The molecule has 5 heteroatoms. The highest BCUT2D eigenvalue weighted by atomic mass is 35.5. The van der Waals surface area contributed by atoms with Gasteiger partial charge in [0.1, 0.15) is 11.9 Å². The van der Waals surface area contributed by atoms with Crippen LogP contribution in [0, 0.1) is 0 Å². The van der Waals surface area contributed by atoms with E-state index in [9.17, 15) is 9.59 Å². The van der Waals surface area contributed by atoms with Crippen molar-refractivity contribution in [3.05, 3.63) is 28.8 Å². The molecule has 2 rings (SSSR count). The van der Waals surface area contributed by atoms with Gasteiger partial charge in [0.05, 0.1) is 0 Å². The monoisotopic (exact) mass is 254 g/mol. The number of rotatable bonds is 4. The molecule has 1 aromatic carbocycles. The summed E-state index contributed by atoms with van der Waals surface area (Å²) >= 11 is 5.85. The lowest BCUT2D eigenvalue weighted by molar-refractivity contribution is -0.149. The average molecular weight is 255 g/mol. The van der Waals surface area contributed by atoms with Crippen molar-refractivity contribution in [2.75, 3.05) is 0 Å². The molecule has 90 valence electrons. The molecule has 0 aliphatic carbocycles. The van der Waals surface area contributed by atoms with Crippen LogP contribution in [-0.2, 0) is 16.0 Å². The molecule has 4 nitrogen and oxygen atoms in total. The summed E-state index contributed by atoms with van der Waals surface area (Å²) in [5.41, 5.74) is 1.00. The standard InChI is InChI=1S/C12H11ClO4/c13-8-1-4-11-7(5-8)6-9(17-11)2-3-10(14)12(15)16/h1,4-5,9H,2-3,6H2,(H,15,16).